The molecule has 152 valence electrons. The number of piperidine rings is 1. The van der Waals surface area contributed by atoms with E-state index in [1.54, 1.807) is 0 Å². The zero-order chi connectivity index (χ0) is 20.6. The van der Waals surface area contributed by atoms with E-state index in [0.717, 1.165) is 6.54 Å². The molecule has 2 nitrogen and oxygen atoms in total. The number of para-hydroxylation sites is 2. The Bertz CT molecular complexity index is 1300. The van der Waals surface area contributed by atoms with E-state index in [9.17, 15) is 0 Å². The van der Waals surface area contributed by atoms with Crippen molar-refractivity contribution in [2.75, 3.05) is 6.54 Å². The van der Waals surface area contributed by atoms with Crippen LogP contribution in [0.2, 0.25) is 0 Å². The molecule has 1 aliphatic rings. The molecule has 0 amide bonds. The van der Waals surface area contributed by atoms with Gasteiger partial charge in [0.2, 0.25) is 0 Å². The summed E-state index contributed by atoms with van der Waals surface area (Å²) in [6.07, 6.45) is 3.81. The summed E-state index contributed by atoms with van der Waals surface area (Å²) in [6.45, 7) is 1.12. The predicted molar refractivity (Wildman–Crippen MR) is 131 cm³/mol. The second kappa shape index (κ2) is 7.72. The molecule has 0 aliphatic carbocycles. The van der Waals surface area contributed by atoms with Crippen LogP contribution < -0.4 is 5.32 Å². The molecule has 2 heterocycles. The predicted octanol–water partition coefficient (Wildman–Crippen LogP) is 7.27. The Balaban J connectivity index is 1.45. The van der Waals surface area contributed by atoms with Gasteiger partial charge >= 0.3 is 0 Å². The van der Waals surface area contributed by atoms with Gasteiger partial charge in [-0.05, 0) is 60.3 Å². The number of fused-ring (bicyclic) bond motifs is 3. The van der Waals surface area contributed by atoms with Crippen LogP contribution in [0.25, 0.3) is 38.6 Å². The average molecular weight is 403 g/mol. The van der Waals surface area contributed by atoms with Crippen molar-refractivity contribution in [3.8, 4) is 16.8 Å². The maximum Gasteiger partial charge on any atom is 0.0541 e. The molecule has 2 heteroatoms. The fourth-order valence-electron chi connectivity index (χ4n) is 5.17. The van der Waals surface area contributed by atoms with Crippen LogP contribution in [0.5, 0.6) is 0 Å². The van der Waals surface area contributed by atoms with E-state index >= 15 is 0 Å². The molecule has 1 unspecified atom stereocenters. The van der Waals surface area contributed by atoms with Crippen LogP contribution in [-0.4, -0.2) is 11.1 Å². The zero-order valence-corrected chi connectivity index (χ0v) is 17.6. The van der Waals surface area contributed by atoms with Crippen molar-refractivity contribution in [3.63, 3.8) is 0 Å². The minimum Gasteiger partial charge on any atom is -0.310 e. The van der Waals surface area contributed by atoms with Gasteiger partial charge in [-0.2, -0.15) is 0 Å². The third-order valence-corrected chi connectivity index (χ3v) is 6.66. The fourth-order valence-corrected chi connectivity index (χ4v) is 5.17. The standard InChI is InChI=1S/C29H26N2/c1-2-10-24(27-13-7-8-20-30-27)23(9-1)21-16-18-22(19-17-21)31-28-14-5-3-11-25(28)26-12-4-6-15-29(26)31/h1-6,9-12,14-19,27,30H,7-8,13,20H2. The molecule has 0 spiro atoms. The van der Waals surface area contributed by atoms with E-state index in [0.29, 0.717) is 6.04 Å². The normalized spacial score (nSPS) is 16.7. The number of nitrogens with one attached hydrogen (secondary N) is 1. The summed E-state index contributed by atoms with van der Waals surface area (Å²) in [5.74, 6) is 0. The molecule has 1 saturated heterocycles. The fraction of sp³-hybridized carbons (Fsp3) is 0.172. The van der Waals surface area contributed by atoms with E-state index in [2.05, 4.69) is 107 Å². The molecule has 1 aliphatic heterocycles. The summed E-state index contributed by atoms with van der Waals surface area (Å²) in [6, 6.07) is 35.8. The van der Waals surface area contributed by atoms with Crippen LogP contribution in [-0.2, 0) is 0 Å². The molecule has 1 fully saturated rings. The monoisotopic (exact) mass is 402 g/mol. The van der Waals surface area contributed by atoms with Gasteiger partial charge in [0, 0.05) is 22.5 Å². The average Bonchev–Trinajstić information content (AvgIpc) is 3.19. The van der Waals surface area contributed by atoms with Crippen molar-refractivity contribution >= 4 is 21.8 Å². The third-order valence-electron chi connectivity index (χ3n) is 6.66. The first-order chi connectivity index (χ1) is 15.4. The van der Waals surface area contributed by atoms with Crippen LogP contribution >= 0.6 is 0 Å². The molecule has 0 radical (unpaired) electrons. The van der Waals surface area contributed by atoms with Gasteiger partial charge in [-0.3, -0.25) is 0 Å². The smallest absolute Gasteiger partial charge is 0.0541 e. The van der Waals surface area contributed by atoms with Gasteiger partial charge < -0.3 is 9.88 Å². The lowest BCUT2D eigenvalue weighted by molar-refractivity contribution is 0.413. The highest BCUT2D eigenvalue weighted by molar-refractivity contribution is 6.09. The lowest BCUT2D eigenvalue weighted by atomic mass is 9.90. The van der Waals surface area contributed by atoms with Crippen molar-refractivity contribution in [3.05, 3.63) is 103 Å². The molecule has 5 aromatic rings. The van der Waals surface area contributed by atoms with Gasteiger partial charge in [-0.15, -0.1) is 0 Å². The summed E-state index contributed by atoms with van der Waals surface area (Å²) >= 11 is 0. The van der Waals surface area contributed by atoms with Crippen LogP contribution in [0.3, 0.4) is 0 Å². The van der Waals surface area contributed by atoms with Gasteiger partial charge in [0.15, 0.2) is 0 Å². The van der Waals surface area contributed by atoms with Crippen molar-refractivity contribution in [1.29, 1.82) is 0 Å². The van der Waals surface area contributed by atoms with E-state index < -0.39 is 0 Å². The third kappa shape index (κ3) is 3.15. The molecular formula is C29H26N2. The number of nitrogens with zero attached hydrogens (tertiary/aromatic N) is 1. The van der Waals surface area contributed by atoms with Crippen molar-refractivity contribution < 1.29 is 0 Å². The lowest BCUT2D eigenvalue weighted by Gasteiger charge is -2.26. The van der Waals surface area contributed by atoms with Crippen LogP contribution in [0.15, 0.2) is 97.1 Å². The molecule has 1 N–H and O–H groups in total. The number of hydrogen-bond donors (Lipinski definition) is 1. The van der Waals surface area contributed by atoms with Crippen LogP contribution in [0.4, 0.5) is 0 Å². The number of hydrogen-bond acceptors (Lipinski definition) is 1. The van der Waals surface area contributed by atoms with Gasteiger partial charge in [-0.1, -0.05) is 79.2 Å². The summed E-state index contributed by atoms with van der Waals surface area (Å²) in [5, 5.41) is 6.32. The first-order valence-electron chi connectivity index (χ1n) is 11.3. The Hall–Kier alpha value is -3.36. The Morgan fingerprint density at radius 1 is 0.645 bits per heavy atom. The molecule has 1 atom stereocenters. The summed E-state index contributed by atoms with van der Waals surface area (Å²) < 4.78 is 2.38. The molecule has 0 bridgehead atoms. The Kier molecular flexibility index (Phi) is 4.58. The SMILES string of the molecule is c1ccc(C2CCCCN2)c(-c2ccc(-n3c4ccccc4c4ccccc43)cc2)c1. The second-order valence-electron chi connectivity index (χ2n) is 8.51. The minimum absolute atomic E-state index is 0.460. The summed E-state index contributed by atoms with van der Waals surface area (Å²) in [7, 11) is 0. The highest BCUT2D eigenvalue weighted by Crippen LogP contribution is 2.35. The Labute approximate surface area is 183 Å². The van der Waals surface area contributed by atoms with Crippen LogP contribution in [0, 0.1) is 0 Å². The van der Waals surface area contributed by atoms with Crippen molar-refractivity contribution in [2.45, 2.75) is 25.3 Å². The summed E-state index contributed by atoms with van der Waals surface area (Å²) in [4.78, 5) is 0. The molecule has 0 saturated carbocycles. The first-order valence-corrected chi connectivity index (χ1v) is 11.3. The Morgan fingerprint density at radius 2 is 1.29 bits per heavy atom. The van der Waals surface area contributed by atoms with Gasteiger partial charge in [0.25, 0.3) is 0 Å². The molecular weight excluding hydrogens is 376 g/mol. The topological polar surface area (TPSA) is 17.0 Å². The van der Waals surface area contributed by atoms with Gasteiger partial charge in [0.1, 0.15) is 0 Å². The minimum atomic E-state index is 0.460. The zero-order valence-electron chi connectivity index (χ0n) is 17.6. The largest absolute Gasteiger partial charge is 0.310 e. The van der Waals surface area contributed by atoms with E-state index in [4.69, 9.17) is 0 Å². The number of benzene rings is 4. The van der Waals surface area contributed by atoms with E-state index in [-0.39, 0.29) is 0 Å². The summed E-state index contributed by atoms with van der Waals surface area (Å²) in [5.41, 5.74) is 7.76. The quantitative estimate of drug-likeness (QED) is 0.336. The van der Waals surface area contributed by atoms with Crippen LogP contribution in [0.1, 0.15) is 30.9 Å². The highest BCUT2D eigenvalue weighted by atomic mass is 15.0. The lowest BCUT2D eigenvalue weighted by Crippen LogP contribution is -2.27. The van der Waals surface area contributed by atoms with Gasteiger partial charge in [0.05, 0.1) is 11.0 Å². The first kappa shape index (κ1) is 18.4. The second-order valence-corrected chi connectivity index (χ2v) is 8.51. The number of rotatable bonds is 3. The number of aromatic nitrogens is 1. The maximum atomic E-state index is 3.72. The molecule has 4 aromatic carbocycles. The molecule has 31 heavy (non-hydrogen) atoms. The van der Waals surface area contributed by atoms with Crippen molar-refractivity contribution in [1.82, 2.24) is 9.88 Å². The van der Waals surface area contributed by atoms with Crippen molar-refractivity contribution in [2.24, 2.45) is 0 Å². The highest BCUT2D eigenvalue weighted by Gasteiger charge is 2.18. The molecule has 1 aromatic heterocycles. The van der Waals surface area contributed by atoms with Gasteiger partial charge in [-0.25, -0.2) is 0 Å². The van der Waals surface area contributed by atoms with E-state index in [1.165, 1.54) is 63.4 Å². The maximum absolute atomic E-state index is 3.72. The van der Waals surface area contributed by atoms with E-state index in [1.807, 2.05) is 0 Å². The molecule has 6 rings (SSSR count). The Morgan fingerprint density at radius 3 is 1.97 bits per heavy atom.